The van der Waals surface area contributed by atoms with E-state index in [4.69, 9.17) is 9.72 Å². The summed E-state index contributed by atoms with van der Waals surface area (Å²) in [4.78, 5) is 72.6. The average Bonchev–Trinajstić information content (AvgIpc) is 3.34. The minimum Gasteiger partial charge on any atom is -0.443 e. The lowest BCUT2D eigenvalue weighted by Crippen LogP contribution is -2.46. The van der Waals surface area contributed by atoms with Crippen LogP contribution in [0, 0.1) is 5.92 Å². The predicted molar refractivity (Wildman–Crippen MR) is 181 cm³/mol. The molecule has 0 spiro atoms. The third-order valence-electron chi connectivity index (χ3n) is 7.23. The van der Waals surface area contributed by atoms with Crippen molar-refractivity contribution in [2.24, 2.45) is 5.92 Å². The summed E-state index contributed by atoms with van der Waals surface area (Å²) in [5.41, 5.74) is 1.31. The lowest BCUT2D eigenvalue weighted by molar-refractivity contribution is -0.123. The Morgan fingerprint density at radius 1 is 1.00 bits per heavy atom. The van der Waals surface area contributed by atoms with Gasteiger partial charge < -0.3 is 24.4 Å². The molecule has 0 saturated carbocycles. The Morgan fingerprint density at radius 2 is 1.68 bits per heavy atom. The SMILES string of the molecule is CC(C)Cc1cccc2c1nc(Cn1cccc(CC(=O)[C@H](CC/C=C/C(=O)N(C)C)NC(=O)N(C)C)c1=O)n2C(=O)OC(C)(C)C. The largest absolute Gasteiger partial charge is 0.443 e. The van der Waals surface area contributed by atoms with Gasteiger partial charge in [-0.05, 0) is 69.7 Å². The van der Waals surface area contributed by atoms with Crippen molar-refractivity contribution >= 4 is 34.8 Å². The zero-order chi connectivity index (χ0) is 35.1. The Kier molecular flexibility index (Phi) is 12.3. The van der Waals surface area contributed by atoms with E-state index in [0.29, 0.717) is 29.2 Å². The molecule has 0 saturated heterocycles. The number of likely N-dealkylation sites (N-methyl/N-ethyl adjacent to an activating group) is 1. The van der Waals surface area contributed by atoms with E-state index >= 15 is 0 Å². The van der Waals surface area contributed by atoms with Gasteiger partial charge in [-0.2, -0.15) is 0 Å². The van der Waals surface area contributed by atoms with Crippen molar-refractivity contribution in [2.75, 3.05) is 28.2 Å². The second-order valence-electron chi connectivity index (χ2n) is 13.4. The number of carbonyl (C=O) groups is 4. The second-order valence-corrected chi connectivity index (χ2v) is 13.4. The highest BCUT2D eigenvalue weighted by Gasteiger charge is 2.26. The van der Waals surface area contributed by atoms with Gasteiger partial charge in [0, 0.05) is 46.4 Å². The Labute approximate surface area is 276 Å². The van der Waals surface area contributed by atoms with Gasteiger partial charge >= 0.3 is 12.1 Å². The fraction of sp³-hybridized carbons (Fsp3) is 0.486. The van der Waals surface area contributed by atoms with E-state index in [1.807, 2.05) is 18.2 Å². The molecule has 0 unspecified atom stereocenters. The number of hydrogen-bond donors (Lipinski definition) is 1. The number of carbonyl (C=O) groups excluding carboxylic acids is 4. The number of benzene rings is 1. The van der Waals surface area contributed by atoms with Crippen LogP contribution >= 0.6 is 0 Å². The molecule has 0 aliphatic heterocycles. The van der Waals surface area contributed by atoms with Crippen LogP contribution in [0.25, 0.3) is 11.0 Å². The highest BCUT2D eigenvalue weighted by Crippen LogP contribution is 2.24. The van der Waals surface area contributed by atoms with Gasteiger partial charge in [0.05, 0.1) is 23.6 Å². The van der Waals surface area contributed by atoms with Crippen LogP contribution < -0.4 is 10.9 Å². The number of urea groups is 1. The summed E-state index contributed by atoms with van der Waals surface area (Å²) in [6.45, 7) is 9.53. The summed E-state index contributed by atoms with van der Waals surface area (Å²) in [6.07, 6.45) is 5.20. The van der Waals surface area contributed by atoms with E-state index in [-0.39, 0.29) is 36.6 Å². The fourth-order valence-corrected chi connectivity index (χ4v) is 4.92. The van der Waals surface area contributed by atoms with Crippen molar-refractivity contribution in [1.82, 2.24) is 29.2 Å². The number of Topliss-reactive ketones (excluding diaryl/α,β-unsaturated/α-hetero) is 1. The van der Waals surface area contributed by atoms with Crippen LogP contribution in [0.5, 0.6) is 0 Å². The van der Waals surface area contributed by atoms with Crippen LogP contribution in [0.1, 0.15) is 64.4 Å². The summed E-state index contributed by atoms with van der Waals surface area (Å²) < 4.78 is 8.55. The molecule has 12 nitrogen and oxygen atoms in total. The fourth-order valence-electron chi connectivity index (χ4n) is 4.92. The molecule has 47 heavy (non-hydrogen) atoms. The van der Waals surface area contributed by atoms with Gasteiger partial charge in [-0.25, -0.2) is 19.1 Å². The number of nitrogens with one attached hydrogen (secondary N) is 1. The van der Waals surface area contributed by atoms with Crippen LogP contribution in [0.2, 0.25) is 0 Å². The topological polar surface area (TPSA) is 136 Å². The monoisotopic (exact) mass is 648 g/mol. The Balaban J connectivity index is 1.95. The number of ketones is 1. The molecule has 2 aromatic heterocycles. The van der Waals surface area contributed by atoms with Crippen molar-refractivity contribution in [2.45, 2.75) is 78.5 Å². The smallest absolute Gasteiger partial charge is 0.420 e. The first-order valence-corrected chi connectivity index (χ1v) is 15.8. The van der Waals surface area contributed by atoms with E-state index in [9.17, 15) is 24.0 Å². The molecule has 254 valence electrons. The molecule has 1 atom stereocenters. The van der Waals surface area contributed by atoms with E-state index in [0.717, 1.165) is 12.0 Å². The van der Waals surface area contributed by atoms with Crippen LogP contribution in [-0.4, -0.2) is 87.6 Å². The summed E-state index contributed by atoms with van der Waals surface area (Å²) in [5.74, 6) is 0.148. The van der Waals surface area contributed by atoms with Crippen LogP contribution in [-0.2, 0) is 33.7 Å². The normalized spacial score (nSPS) is 12.4. The van der Waals surface area contributed by atoms with E-state index in [1.165, 1.54) is 25.0 Å². The van der Waals surface area contributed by atoms with Gasteiger partial charge in [0.1, 0.15) is 11.4 Å². The molecule has 0 fully saturated rings. The van der Waals surface area contributed by atoms with E-state index in [1.54, 1.807) is 73.4 Å². The number of pyridine rings is 1. The predicted octanol–water partition coefficient (Wildman–Crippen LogP) is 4.40. The standard InChI is InChI=1S/C35H48N6O6/c1-23(2)20-24-14-12-17-27-31(24)37-29(41(27)34(46)47-35(3,4)5)22-40-19-13-15-25(32(40)44)21-28(42)26(36-33(45)39(8)9)16-10-11-18-30(43)38(6)7/h11-15,17-19,23,26H,10,16,20-22H2,1-9H3,(H,36,45)/b18-11+/t26-/m0/s1. The maximum atomic E-state index is 13.7. The second kappa shape index (κ2) is 15.7. The number of allylic oxidation sites excluding steroid dienone is 1. The summed E-state index contributed by atoms with van der Waals surface area (Å²) in [6, 6.07) is 7.59. The molecule has 2 heterocycles. The summed E-state index contributed by atoms with van der Waals surface area (Å²) in [7, 11) is 6.41. The molecular weight excluding hydrogens is 600 g/mol. The number of hydrogen-bond acceptors (Lipinski definition) is 7. The van der Waals surface area contributed by atoms with E-state index < -0.39 is 29.3 Å². The minimum atomic E-state index is -0.882. The number of ether oxygens (including phenoxy) is 1. The molecule has 12 heteroatoms. The molecule has 1 N–H and O–H groups in total. The van der Waals surface area contributed by atoms with Crippen LogP contribution in [0.4, 0.5) is 9.59 Å². The van der Waals surface area contributed by atoms with Crippen molar-refractivity contribution in [3.63, 3.8) is 0 Å². The maximum Gasteiger partial charge on any atom is 0.420 e. The Morgan fingerprint density at radius 3 is 2.30 bits per heavy atom. The Bertz CT molecular complexity index is 1690. The van der Waals surface area contributed by atoms with Crippen LogP contribution in [0.3, 0.4) is 0 Å². The molecule has 3 amide bonds. The number of fused-ring (bicyclic) bond motifs is 1. The molecule has 1 aromatic carbocycles. The average molecular weight is 649 g/mol. The molecule has 3 aromatic rings. The van der Waals surface area contributed by atoms with Gasteiger partial charge in [0.2, 0.25) is 5.91 Å². The van der Waals surface area contributed by atoms with Crippen molar-refractivity contribution in [3.05, 3.63) is 76.0 Å². The van der Waals surface area contributed by atoms with Crippen molar-refractivity contribution in [3.8, 4) is 0 Å². The van der Waals surface area contributed by atoms with Gasteiger partial charge in [-0.15, -0.1) is 0 Å². The highest BCUT2D eigenvalue weighted by molar-refractivity contribution is 5.91. The quantitative estimate of drug-likeness (QED) is 0.288. The first kappa shape index (κ1) is 36.7. The highest BCUT2D eigenvalue weighted by atomic mass is 16.6. The van der Waals surface area contributed by atoms with Crippen molar-refractivity contribution in [1.29, 1.82) is 0 Å². The molecule has 0 radical (unpaired) electrons. The number of nitrogens with zero attached hydrogens (tertiary/aromatic N) is 5. The molecule has 0 aliphatic carbocycles. The zero-order valence-corrected chi connectivity index (χ0v) is 29.0. The summed E-state index contributed by atoms with van der Waals surface area (Å²) >= 11 is 0. The first-order valence-electron chi connectivity index (χ1n) is 15.8. The summed E-state index contributed by atoms with van der Waals surface area (Å²) in [5, 5.41) is 2.73. The zero-order valence-electron chi connectivity index (χ0n) is 29.0. The number of imidazole rings is 1. The van der Waals surface area contributed by atoms with Gasteiger partial charge in [-0.1, -0.05) is 38.1 Å². The molecule has 3 rings (SSSR count). The number of rotatable bonds is 12. The van der Waals surface area contributed by atoms with Crippen LogP contribution in [0.15, 0.2) is 53.5 Å². The first-order chi connectivity index (χ1) is 22.0. The minimum absolute atomic E-state index is 0.0403. The number of para-hydroxylation sites is 1. The number of aromatic nitrogens is 3. The molecular formula is C35H48N6O6. The Hall–Kier alpha value is -4.74. The van der Waals surface area contributed by atoms with Crippen molar-refractivity contribution < 1.29 is 23.9 Å². The third kappa shape index (κ3) is 10.1. The lowest BCUT2D eigenvalue weighted by Gasteiger charge is -2.21. The maximum absolute atomic E-state index is 13.7. The lowest BCUT2D eigenvalue weighted by atomic mass is 10.0. The number of amides is 3. The molecule has 0 bridgehead atoms. The third-order valence-corrected chi connectivity index (χ3v) is 7.23. The van der Waals surface area contributed by atoms with E-state index in [2.05, 4.69) is 19.2 Å². The van der Waals surface area contributed by atoms with Gasteiger partial charge in [0.15, 0.2) is 5.78 Å². The molecule has 0 aliphatic rings. The van der Waals surface area contributed by atoms with Gasteiger partial charge in [0.25, 0.3) is 5.56 Å². The van der Waals surface area contributed by atoms with Gasteiger partial charge in [-0.3, -0.25) is 14.4 Å².